The molecule has 1 saturated carbocycles. The van der Waals surface area contributed by atoms with Gasteiger partial charge in [0.05, 0.1) is 18.0 Å². The number of nitrogens with one attached hydrogen (secondary N) is 2. The Morgan fingerprint density at radius 2 is 1.55 bits per heavy atom. The van der Waals surface area contributed by atoms with Crippen molar-refractivity contribution in [3.05, 3.63) is 96.1 Å². The van der Waals surface area contributed by atoms with E-state index in [1.807, 2.05) is 30.3 Å². The van der Waals surface area contributed by atoms with Crippen LogP contribution >= 0.6 is 0 Å². The molecule has 0 aromatic heterocycles. The fourth-order valence-electron chi connectivity index (χ4n) is 6.80. The summed E-state index contributed by atoms with van der Waals surface area (Å²) in [5.41, 5.74) is 4.42. The number of benzene rings is 3. The van der Waals surface area contributed by atoms with Crippen molar-refractivity contribution < 1.29 is 9.59 Å². The Morgan fingerprint density at radius 3 is 2.34 bits per heavy atom. The molecule has 6 nitrogen and oxygen atoms in total. The van der Waals surface area contributed by atoms with Crippen LogP contribution in [0.15, 0.2) is 84.9 Å². The molecular formula is C32H36N4O2. The van der Waals surface area contributed by atoms with E-state index >= 15 is 0 Å². The number of nitrogens with zero attached hydrogens (tertiary/aromatic N) is 2. The first-order valence-corrected chi connectivity index (χ1v) is 13.9. The van der Waals surface area contributed by atoms with Crippen molar-refractivity contribution in [2.75, 3.05) is 23.8 Å². The van der Waals surface area contributed by atoms with Crippen molar-refractivity contribution in [1.29, 1.82) is 0 Å². The van der Waals surface area contributed by atoms with Crippen molar-refractivity contribution in [3.63, 3.8) is 0 Å². The number of rotatable bonds is 4. The second-order valence-corrected chi connectivity index (χ2v) is 10.9. The molecule has 3 aliphatic rings. The molecule has 0 radical (unpaired) electrons. The minimum Gasteiger partial charge on any atom is -0.378 e. The van der Waals surface area contributed by atoms with E-state index in [0.717, 1.165) is 50.0 Å². The molecule has 3 aromatic carbocycles. The fourth-order valence-corrected chi connectivity index (χ4v) is 6.80. The molecule has 2 heterocycles. The number of amides is 3. The van der Waals surface area contributed by atoms with Gasteiger partial charge >= 0.3 is 6.03 Å². The molecular weight excluding hydrogens is 472 g/mol. The van der Waals surface area contributed by atoms with E-state index in [-0.39, 0.29) is 36.0 Å². The summed E-state index contributed by atoms with van der Waals surface area (Å²) in [6, 6.07) is 28.6. The van der Waals surface area contributed by atoms with Gasteiger partial charge < -0.3 is 15.5 Å². The van der Waals surface area contributed by atoms with E-state index in [1.54, 1.807) is 11.9 Å². The summed E-state index contributed by atoms with van der Waals surface area (Å²) in [6.45, 7) is 0.745. The number of hydrogen-bond donors (Lipinski definition) is 2. The van der Waals surface area contributed by atoms with Crippen LogP contribution in [0.25, 0.3) is 0 Å². The van der Waals surface area contributed by atoms with Gasteiger partial charge in [0, 0.05) is 36.9 Å². The van der Waals surface area contributed by atoms with Crippen LogP contribution in [-0.4, -0.2) is 36.5 Å². The molecule has 38 heavy (non-hydrogen) atoms. The molecule has 0 unspecified atom stereocenters. The van der Waals surface area contributed by atoms with Crippen molar-refractivity contribution in [2.45, 2.75) is 50.2 Å². The first-order chi connectivity index (χ1) is 18.6. The average molecular weight is 509 g/mol. The standard InChI is InChI=1S/C32H36N4O2/c1-35(23-14-6-3-7-15-23)32(38)34-28-19-11-9-17-25(28)31(37)36-21-20-26-29(22-12-4-2-5-13-22)33-27-18-10-8-16-24(27)30(26)36/h2-8,10,12-16,18,25-26,28-30,33H,9,11,17,19-21H2,1H3,(H,34,38)/t25-,26-,28+,29-,30-/m0/s1. The first-order valence-electron chi connectivity index (χ1n) is 13.9. The van der Waals surface area contributed by atoms with Crippen LogP contribution in [0.4, 0.5) is 16.2 Å². The number of carbonyl (C=O) groups is 2. The maximum Gasteiger partial charge on any atom is 0.321 e. The van der Waals surface area contributed by atoms with Crippen LogP contribution < -0.4 is 15.5 Å². The van der Waals surface area contributed by atoms with E-state index in [1.165, 1.54) is 11.1 Å². The molecule has 6 rings (SSSR count). The van der Waals surface area contributed by atoms with Crippen molar-refractivity contribution in [2.24, 2.45) is 11.8 Å². The summed E-state index contributed by atoms with van der Waals surface area (Å²) >= 11 is 0. The minimum absolute atomic E-state index is 0.0374. The van der Waals surface area contributed by atoms with Crippen LogP contribution in [0, 0.1) is 11.8 Å². The van der Waals surface area contributed by atoms with Crippen LogP contribution in [0.3, 0.4) is 0 Å². The summed E-state index contributed by atoms with van der Waals surface area (Å²) in [5.74, 6) is 0.290. The van der Waals surface area contributed by atoms with Crippen LogP contribution in [0.2, 0.25) is 0 Å². The third-order valence-corrected chi connectivity index (χ3v) is 8.75. The molecule has 0 spiro atoms. The highest BCUT2D eigenvalue weighted by Gasteiger charge is 2.48. The number of likely N-dealkylation sites (tertiary alicyclic amines) is 1. The second-order valence-electron chi connectivity index (χ2n) is 10.9. The normalized spacial score (nSPS) is 26.0. The number of para-hydroxylation sites is 2. The molecule has 1 saturated heterocycles. The van der Waals surface area contributed by atoms with E-state index < -0.39 is 0 Å². The molecule has 0 bridgehead atoms. The van der Waals surface area contributed by atoms with Crippen LogP contribution in [0.5, 0.6) is 0 Å². The maximum absolute atomic E-state index is 14.3. The van der Waals surface area contributed by atoms with Crippen molar-refractivity contribution >= 4 is 23.3 Å². The largest absolute Gasteiger partial charge is 0.378 e. The molecule has 3 aromatic rings. The monoisotopic (exact) mass is 508 g/mol. The third-order valence-electron chi connectivity index (χ3n) is 8.75. The summed E-state index contributed by atoms with van der Waals surface area (Å²) < 4.78 is 0. The van der Waals surface area contributed by atoms with Gasteiger partial charge in [0.1, 0.15) is 0 Å². The molecule has 3 amide bonds. The molecule has 6 heteroatoms. The highest BCUT2D eigenvalue weighted by atomic mass is 16.2. The van der Waals surface area contributed by atoms with Gasteiger partial charge in [-0.2, -0.15) is 0 Å². The quantitative estimate of drug-likeness (QED) is 0.444. The lowest BCUT2D eigenvalue weighted by Crippen LogP contribution is -2.52. The number of anilines is 2. The molecule has 2 N–H and O–H groups in total. The van der Waals surface area contributed by atoms with Gasteiger partial charge in [-0.15, -0.1) is 0 Å². The lowest BCUT2D eigenvalue weighted by molar-refractivity contribution is -0.138. The smallest absolute Gasteiger partial charge is 0.321 e. The number of urea groups is 1. The third kappa shape index (κ3) is 4.53. The van der Waals surface area contributed by atoms with Gasteiger partial charge in [0.15, 0.2) is 0 Å². The Kier molecular flexibility index (Phi) is 6.79. The Bertz CT molecular complexity index is 1280. The van der Waals surface area contributed by atoms with Gasteiger partial charge in [0.25, 0.3) is 0 Å². The summed E-state index contributed by atoms with van der Waals surface area (Å²) in [5, 5.41) is 7.01. The predicted molar refractivity (Wildman–Crippen MR) is 151 cm³/mol. The minimum atomic E-state index is -0.201. The zero-order chi connectivity index (χ0) is 26.1. The van der Waals surface area contributed by atoms with E-state index in [2.05, 4.69) is 70.1 Å². The van der Waals surface area contributed by atoms with Crippen LogP contribution in [-0.2, 0) is 4.79 Å². The SMILES string of the molecule is CN(C(=O)N[C@@H]1CCCC[C@@H]1C(=O)N1CC[C@H]2[C@H](c3ccccc3)Nc3ccccc3[C@@H]21)c1ccccc1. The zero-order valence-corrected chi connectivity index (χ0v) is 21.9. The molecule has 1 aliphatic carbocycles. The topological polar surface area (TPSA) is 64.7 Å². The first kappa shape index (κ1) is 24.5. The fraction of sp³-hybridized carbons (Fsp3) is 0.375. The Morgan fingerprint density at radius 1 is 0.868 bits per heavy atom. The number of fused-ring (bicyclic) bond motifs is 3. The van der Waals surface area contributed by atoms with Gasteiger partial charge in [-0.05, 0) is 48.6 Å². The van der Waals surface area contributed by atoms with Gasteiger partial charge in [0.2, 0.25) is 5.91 Å². The average Bonchev–Trinajstić information content (AvgIpc) is 3.43. The highest BCUT2D eigenvalue weighted by molar-refractivity contribution is 5.92. The molecule has 2 aliphatic heterocycles. The highest BCUT2D eigenvalue weighted by Crippen LogP contribution is 2.51. The van der Waals surface area contributed by atoms with Crippen molar-refractivity contribution in [1.82, 2.24) is 10.2 Å². The Labute approximate surface area is 225 Å². The Balaban J connectivity index is 1.25. The molecule has 2 fully saturated rings. The van der Waals surface area contributed by atoms with E-state index in [0.29, 0.717) is 5.92 Å². The Hall–Kier alpha value is -3.80. The van der Waals surface area contributed by atoms with Gasteiger partial charge in [-0.3, -0.25) is 9.69 Å². The summed E-state index contributed by atoms with van der Waals surface area (Å²) in [7, 11) is 1.78. The van der Waals surface area contributed by atoms with Crippen LogP contribution in [0.1, 0.15) is 55.3 Å². The predicted octanol–water partition coefficient (Wildman–Crippen LogP) is 6.15. The van der Waals surface area contributed by atoms with Gasteiger partial charge in [-0.1, -0.05) is 79.6 Å². The number of carbonyl (C=O) groups excluding carboxylic acids is 2. The summed E-state index contributed by atoms with van der Waals surface area (Å²) in [4.78, 5) is 31.2. The second kappa shape index (κ2) is 10.5. The van der Waals surface area contributed by atoms with E-state index in [4.69, 9.17) is 0 Å². The lowest BCUT2D eigenvalue weighted by atomic mass is 9.79. The zero-order valence-electron chi connectivity index (χ0n) is 21.9. The lowest BCUT2D eigenvalue weighted by Gasteiger charge is -2.42. The van der Waals surface area contributed by atoms with Crippen molar-refractivity contribution in [3.8, 4) is 0 Å². The maximum atomic E-state index is 14.3. The number of hydrogen-bond acceptors (Lipinski definition) is 3. The molecule has 5 atom stereocenters. The van der Waals surface area contributed by atoms with Gasteiger partial charge in [-0.25, -0.2) is 4.79 Å². The van der Waals surface area contributed by atoms with E-state index in [9.17, 15) is 9.59 Å². The molecule has 196 valence electrons. The summed E-state index contributed by atoms with van der Waals surface area (Å²) in [6.07, 6.45) is 4.65.